The number of H-pyrrole nitrogens is 1. The molecule has 2 heterocycles. The number of aryl methyl sites for hydroxylation is 2. The molecule has 1 aliphatic rings. The van der Waals surface area contributed by atoms with E-state index in [1.807, 2.05) is 32.9 Å². The van der Waals surface area contributed by atoms with Crippen LogP contribution >= 0.6 is 0 Å². The summed E-state index contributed by atoms with van der Waals surface area (Å²) in [5.74, 6) is -0.0428. The molecule has 0 radical (unpaired) electrons. The lowest BCUT2D eigenvalue weighted by Crippen LogP contribution is -2.27. The highest BCUT2D eigenvalue weighted by Gasteiger charge is 2.17. The fourth-order valence-electron chi connectivity index (χ4n) is 3.86. The van der Waals surface area contributed by atoms with Gasteiger partial charge in [0.1, 0.15) is 0 Å². The summed E-state index contributed by atoms with van der Waals surface area (Å²) in [4.78, 5) is 15.1. The minimum absolute atomic E-state index is 0.0428. The molecule has 1 amide bonds. The molecule has 0 saturated carbocycles. The number of aromatic amines is 1. The zero-order chi connectivity index (χ0) is 18.5. The second-order valence-corrected chi connectivity index (χ2v) is 7.43. The van der Waals surface area contributed by atoms with Crippen LogP contribution in [0.1, 0.15) is 71.5 Å². The number of likely N-dealkylation sites (tertiary alicyclic amines) is 1. The van der Waals surface area contributed by atoms with Crippen LogP contribution in [-0.2, 0) is 6.54 Å². The van der Waals surface area contributed by atoms with E-state index < -0.39 is 0 Å². The van der Waals surface area contributed by atoms with Crippen molar-refractivity contribution in [2.45, 2.75) is 59.0 Å². The number of amides is 1. The molecule has 0 bridgehead atoms. The normalized spacial score (nSPS) is 16.9. The molecular formula is C21H30N4O. The van der Waals surface area contributed by atoms with Crippen LogP contribution in [0.25, 0.3) is 0 Å². The Morgan fingerprint density at radius 1 is 1.15 bits per heavy atom. The molecule has 3 rings (SSSR count). The fourth-order valence-corrected chi connectivity index (χ4v) is 3.86. The zero-order valence-electron chi connectivity index (χ0n) is 16.1. The van der Waals surface area contributed by atoms with Crippen LogP contribution in [0.5, 0.6) is 0 Å². The number of carbonyl (C=O) groups excluding carboxylic acids is 1. The van der Waals surface area contributed by atoms with E-state index in [0.717, 1.165) is 23.5 Å². The van der Waals surface area contributed by atoms with Crippen molar-refractivity contribution in [2.24, 2.45) is 0 Å². The number of carbonyl (C=O) groups is 1. The van der Waals surface area contributed by atoms with Gasteiger partial charge in [0.25, 0.3) is 5.91 Å². The number of rotatable bonds is 5. The molecule has 1 aromatic heterocycles. The summed E-state index contributed by atoms with van der Waals surface area (Å²) in [5, 5.41) is 10.3. The molecule has 26 heavy (non-hydrogen) atoms. The topological polar surface area (TPSA) is 61.0 Å². The Balaban J connectivity index is 1.59. The molecule has 1 atom stereocenters. The second-order valence-electron chi connectivity index (χ2n) is 7.43. The molecule has 0 aliphatic carbocycles. The second kappa shape index (κ2) is 8.49. The minimum atomic E-state index is -0.0713. The molecule has 2 aromatic rings. The minimum Gasteiger partial charge on any atom is -0.345 e. The molecule has 5 heteroatoms. The lowest BCUT2D eigenvalue weighted by molar-refractivity contribution is 0.0939. The first-order valence-electron chi connectivity index (χ1n) is 9.68. The molecule has 5 nitrogen and oxygen atoms in total. The van der Waals surface area contributed by atoms with Crippen molar-refractivity contribution >= 4 is 5.91 Å². The maximum absolute atomic E-state index is 12.6. The van der Waals surface area contributed by atoms with Gasteiger partial charge in [0.2, 0.25) is 0 Å². The first-order valence-corrected chi connectivity index (χ1v) is 9.68. The third kappa shape index (κ3) is 4.52. The SMILES string of the molecule is Cc1n[nH]c(C)c1[C@@H](C)NC(=O)c1ccc(CN2CCCCCC2)cc1. The first kappa shape index (κ1) is 18.6. The Labute approximate surface area is 156 Å². The van der Waals surface area contributed by atoms with Gasteiger partial charge in [-0.05, 0) is 64.4 Å². The van der Waals surface area contributed by atoms with Gasteiger partial charge in [0.15, 0.2) is 0 Å². The van der Waals surface area contributed by atoms with Crippen LogP contribution < -0.4 is 5.32 Å². The van der Waals surface area contributed by atoms with E-state index in [1.165, 1.54) is 44.3 Å². The lowest BCUT2D eigenvalue weighted by atomic mass is 10.1. The van der Waals surface area contributed by atoms with E-state index in [-0.39, 0.29) is 11.9 Å². The summed E-state index contributed by atoms with van der Waals surface area (Å²) in [5.41, 5.74) is 4.98. The highest BCUT2D eigenvalue weighted by molar-refractivity contribution is 5.94. The number of nitrogens with zero attached hydrogens (tertiary/aromatic N) is 2. The summed E-state index contributed by atoms with van der Waals surface area (Å²) in [6, 6.07) is 7.96. The number of hydrogen-bond acceptors (Lipinski definition) is 3. The average Bonchev–Trinajstić information content (AvgIpc) is 2.81. The summed E-state index contributed by atoms with van der Waals surface area (Å²) in [6.07, 6.45) is 5.29. The van der Waals surface area contributed by atoms with Crippen molar-refractivity contribution in [2.75, 3.05) is 13.1 Å². The Morgan fingerprint density at radius 2 is 1.81 bits per heavy atom. The average molecular weight is 354 g/mol. The highest BCUT2D eigenvalue weighted by atomic mass is 16.1. The fraction of sp³-hybridized carbons (Fsp3) is 0.524. The third-order valence-corrected chi connectivity index (χ3v) is 5.29. The Hall–Kier alpha value is -2.14. The van der Waals surface area contributed by atoms with E-state index in [4.69, 9.17) is 0 Å². The van der Waals surface area contributed by atoms with Crippen LogP contribution in [0.3, 0.4) is 0 Å². The Bertz CT molecular complexity index is 707. The van der Waals surface area contributed by atoms with Crippen LogP contribution in [-0.4, -0.2) is 34.1 Å². The number of aromatic nitrogens is 2. The predicted octanol–water partition coefficient (Wildman–Crippen LogP) is 3.89. The van der Waals surface area contributed by atoms with Crippen LogP contribution in [0.2, 0.25) is 0 Å². The monoisotopic (exact) mass is 354 g/mol. The van der Waals surface area contributed by atoms with Crippen LogP contribution in [0, 0.1) is 13.8 Å². The molecule has 140 valence electrons. The molecular weight excluding hydrogens is 324 g/mol. The molecule has 2 N–H and O–H groups in total. The predicted molar refractivity (Wildman–Crippen MR) is 104 cm³/mol. The number of nitrogens with one attached hydrogen (secondary N) is 2. The molecule has 1 saturated heterocycles. The van der Waals surface area contributed by atoms with Crippen LogP contribution in [0.15, 0.2) is 24.3 Å². The summed E-state index contributed by atoms with van der Waals surface area (Å²) in [7, 11) is 0. The number of hydrogen-bond donors (Lipinski definition) is 2. The van der Waals surface area contributed by atoms with E-state index in [0.29, 0.717) is 5.56 Å². The third-order valence-electron chi connectivity index (χ3n) is 5.29. The van der Waals surface area contributed by atoms with Crippen molar-refractivity contribution in [3.8, 4) is 0 Å². The van der Waals surface area contributed by atoms with Crippen LogP contribution in [0.4, 0.5) is 0 Å². The van der Waals surface area contributed by atoms with Gasteiger partial charge in [-0.1, -0.05) is 25.0 Å². The molecule has 0 unspecified atom stereocenters. The maximum atomic E-state index is 12.6. The summed E-state index contributed by atoms with van der Waals surface area (Å²) < 4.78 is 0. The Morgan fingerprint density at radius 3 is 2.38 bits per heavy atom. The summed E-state index contributed by atoms with van der Waals surface area (Å²) in [6.45, 7) is 9.28. The van der Waals surface area contributed by atoms with Crippen molar-refractivity contribution in [1.82, 2.24) is 20.4 Å². The maximum Gasteiger partial charge on any atom is 0.251 e. The highest BCUT2D eigenvalue weighted by Crippen LogP contribution is 2.20. The van der Waals surface area contributed by atoms with Gasteiger partial charge in [0, 0.05) is 23.4 Å². The largest absolute Gasteiger partial charge is 0.345 e. The van der Waals surface area contributed by atoms with Gasteiger partial charge in [-0.25, -0.2) is 0 Å². The molecule has 1 aliphatic heterocycles. The van der Waals surface area contributed by atoms with E-state index >= 15 is 0 Å². The zero-order valence-corrected chi connectivity index (χ0v) is 16.1. The molecule has 1 aromatic carbocycles. The number of benzene rings is 1. The van der Waals surface area contributed by atoms with E-state index in [9.17, 15) is 4.79 Å². The smallest absolute Gasteiger partial charge is 0.251 e. The van der Waals surface area contributed by atoms with Crippen molar-refractivity contribution < 1.29 is 4.79 Å². The van der Waals surface area contributed by atoms with Gasteiger partial charge >= 0.3 is 0 Å². The van der Waals surface area contributed by atoms with Crippen molar-refractivity contribution in [1.29, 1.82) is 0 Å². The van der Waals surface area contributed by atoms with Crippen molar-refractivity contribution in [3.63, 3.8) is 0 Å². The molecule has 0 spiro atoms. The van der Waals surface area contributed by atoms with Gasteiger partial charge in [-0.3, -0.25) is 14.8 Å². The van der Waals surface area contributed by atoms with Gasteiger partial charge in [-0.15, -0.1) is 0 Å². The van der Waals surface area contributed by atoms with E-state index in [1.54, 1.807) is 0 Å². The Kier molecular flexibility index (Phi) is 6.09. The standard InChI is InChI=1S/C21H30N4O/c1-15(20-16(2)23-24-17(20)3)22-21(26)19-10-8-18(9-11-19)14-25-12-6-4-5-7-13-25/h8-11,15H,4-7,12-14H2,1-3H3,(H,22,26)(H,23,24)/t15-/m1/s1. The van der Waals surface area contributed by atoms with Gasteiger partial charge in [-0.2, -0.15) is 5.10 Å². The summed E-state index contributed by atoms with van der Waals surface area (Å²) >= 11 is 0. The lowest BCUT2D eigenvalue weighted by Gasteiger charge is -2.20. The molecule has 1 fully saturated rings. The van der Waals surface area contributed by atoms with Gasteiger partial charge in [0.05, 0.1) is 11.7 Å². The quantitative estimate of drug-likeness (QED) is 0.856. The first-order chi connectivity index (χ1) is 12.5. The van der Waals surface area contributed by atoms with E-state index in [2.05, 4.69) is 32.5 Å². The van der Waals surface area contributed by atoms with Gasteiger partial charge < -0.3 is 5.32 Å². The van der Waals surface area contributed by atoms with Crippen molar-refractivity contribution in [3.05, 3.63) is 52.3 Å².